The fourth-order valence-corrected chi connectivity index (χ4v) is 1.14. The Morgan fingerprint density at radius 1 is 1.40 bits per heavy atom. The number of hydrogen-bond acceptors (Lipinski definition) is 2. The molecule has 0 aromatic heterocycles. The summed E-state index contributed by atoms with van der Waals surface area (Å²) in [4.78, 5) is 11.0. The van der Waals surface area contributed by atoms with Crippen LogP contribution >= 0.6 is 11.6 Å². The third kappa shape index (κ3) is 3.16. The van der Waals surface area contributed by atoms with E-state index in [2.05, 4.69) is 11.6 Å². The summed E-state index contributed by atoms with van der Waals surface area (Å²) in [5, 5.41) is -3.85. The zero-order valence-corrected chi connectivity index (χ0v) is 8.72. The van der Waals surface area contributed by atoms with Gasteiger partial charge >= 0.3 is 5.38 Å². The zero-order valence-electron chi connectivity index (χ0n) is 7.97. The van der Waals surface area contributed by atoms with Gasteiger partial charge in [0, 0.05) is 5.56 Å². The van der Waals surface area contributed by atoms with Crippen LogP contribution in [-0.2, 0) is 0 Å². The number of carbonyl (C=O) groups is 1. The quantitative estimate of drug-likeness (QED) is 0.591. The zero-order chi connectivity index (χ0) is 11.5. The minimum atomic E-state index is -3.85. The molecule has 0 N–H and O–H groups in total. The average Bonchev–Trinajstić information content (AvgIpc) is 2.17. The lowest BCUT2D eigenvalue weighted by atomic mass is 10.1. The smallest absolute Gasteiger partial charge is 0.384 e. The fraction of sp³-hybridized carbons (Fsp3) is 0.300. The summed E-state index contributed by atoms with van der Waals surface area (Å²) in [5.74, 6) is -0.890. The summed E-state index contributed by atoms with van der Waals surface area (Å²) in [6.07, 6.45) is 0. The first kappa shape index (κ1) is 11.9. The molecule has 0 heterocycles. The molecule has 1 aromatic rings. The van der Waals surface area contributed by atoms with Gasteiger partial charge in [-0.05, 0) is 42.8 Å². The number of alkyl halides is 3. The monoisotopic (exact) mass is 234 g/mol. The molecule has 1 aromatic carbocycles. The van der Waals surface area contributed by atoms with Gasteiger partial charge in [0.05, 0.1) is 6.61 Å². The lowest BCUT2D eigenvalue weighted by Crippen LogP contribution is -2.21. The van der Waals surface area contributed by atoms with Gasteiger partial charge < -0.3 is 4.74 Å². The van der Waals surface area contributed by atoms with E-state index in [1.165, 1.54) is 24.3 Å². The molecule has 0 aliphatic carbocycles. The Kier molecular flexibility index (Phi) is 3.63. The summed E-state index contributed by atoms with van der Waals surface area (Å²) in [5.41, 5.74) is -0.140. The van der Waals surface area contributed by atoms with E-state index in [-0.39, 0.29) is 5.56 Å². The molecule has 0 saturated heterocycles. The first-order chi connectivity index (χ1) is 6.95. The highest BCUT2D eigenvalue weighted by Crippen LogP contribution is 2.25. The van der Waals surface area contributed by atoms with Crippen molar-refractivity contribution < 1.29 is 18.3 Å². The van der Waals surface area contributed by atoms with Crippen LogP contribution < -0.4 is 4.74 Å². The highest BCUT2D eigenvalue weighted by atomic mass is 35.5. The molecule has 0 spiro atoms. The van der Waals surface area contributed by atoms with Crippen LogP contribution in [0.3, 0.4) is 0 Å². The molecule has 0 bridgehead atoms. The van der Waals surface area contributed by atoms with Crippen molar-refractivity contribution >= 4 is 17.4 Å². The second kappa shape index (κ2) is 4.57. The van der Waals surface area contributed by atoms with Gasteiger partial charge in [-0.1, -0.05) is 0 Å². The molecule has 0 atom stereocenters. The van der Waals surface area contributed by atoms with E-state index in [1.54, 1.807) is 6.92 Å². The van der Waals surface area contributed by atoms with Crippen LogP contribution in [0.4, 0.5) is 8.78 Å². The van der Waals surface area contributed by atoms with Crippen molar-refractivity contribution in [1.82, 2.24) is 0 Å². The standard InChI is InChI=1S/C10H9ClF2O2/c1-2-15-8-5-3-7(4-6-8)9(14)10(11,12)13/h3-6H,2H2,1H3. The Balaban J connectivity index is 2.85. The predicted octanol–water partition coefficient (Wildman–Crippen LogP) is 3.10. The number of Topliss-reactive ketones (excluding diaryl/α,β-unsaturated/α-hetero) is 1. The number of ether oxygens (including phenoxy) is 1. The summed E-state index contributed by atoms with van der Waals surface area (Å²) in [6, 6.07) is 5.39. The molecular formula is C10H9ClF2O2. The van der Waals surface area contributed by atoms with E-state index in [1.807, 2.05) is 0 Å². The molecule has 82 valence electrons. The third-order valence-corrected chi connectivity index (χ3v) is 1.86. The van der Waals surface area contributed by atoms with Gasteiger partial charge in [-0.3, -0.25) is 4.79 Å². The Labute approximate surface area is 90.8 Å². The van der Waals surface area contributed by atoms with Gasteiger partial charge in [0.2, 0.25) is 5.78 Å². The van der Waals surface area contributed by atoms with E-state index >= 15 is 0 Å². The maximum atomic E-state index is 12.4. The van der Waals surface area contributed by atoms with Crippen LogP contribution in [0.1, 0.15) is 17.3 Å². The largest absolute Gasteiger partial charge is 0.494 e. The molecular weight excluding hydrogens is 226 g/mol. The molecule has 0 amide bonds. The van der Waals surface area contributed by atoms with E-state index in [0.29, 0.717) is 12.4 Å². The van der Waals surface area contributed by atoms with E-state index in [4.69, 9.17) is 4.74 Å². The Bertz CT molecular complexity index is 343. The molecule has 15 heavy (non-hydrogen) atoms. The molecule has 0 saturated carbocycles. The van der Waals surface area contributed by atoms with Crippen LogP contribution in [-0.4, -0.2) is 17.8 Å². The topological polar surface area (TPSA) is 26.3 Å². The lowest BCUT2D eigenvalue weighted by Gasteiger charge is -2.07. The van der Waals surface area contributed by atoms with Crippen molar-refractivity contribution in [2.75, 3.05) is 6.61 Å². The second-order valence-corrected chi connectivity index (χ2v) is 3.26. The van der Waals surface area contributed by atoms with Crippen molar-refractivity contribution in [3.05, 3.63) is 29.8 Å². The number of benzene rings is 1. The minimum Gasteiger partial charge on any atom is -0.494 e. The van der Waals surface area contributed by atoms with Gasteiger partial charge in [-0.2, -0.15) is 8.78 Å². The normalized spacial score (nSPS) is 11.2. The summed E-state index contributed by atoms with van der Waals surface area (Å²) in [7, 11) is 0. The molecule has 5 heteroatoms. The van der Waals surface area contributed by atoms with Gasteiger partial charge in [-0.15, -0.1) is 0 Å². The molecule has 0 unspecified atom stereocenters. The lowest BCUT2D eigenvalue weighted by molar-refractivity contribution is 0.0536. The molecule has 1 rings (SSSR count). The van der Waals surface area contributed by atoms with Crippen LogP contribution in [0.15, 0.2) is 24.3 Å². The van der Waals surface area contributed by atoms with Crippen LogP contribution in [0, 0.1) is 0 Å². The number of carbonyl (C=O) groups excluding carboxylic acids is 1. The molecule has 0 fully saturated rings. The molecule has 0 aliphatic heterocycles. The Morgan fingerprint density at radius 2 is 1.93 bits per heavy atom. The van der Waals surface area contributed by atoms with Crippen molar-refractivity contribution in [2.45, 2.75) is 12.3 Å². The molecule has 0 radical (unpaired) electrons. The SMILES string of the molecule is CCOc1ccc(C(=O)C(F)(F)Cl)cc1. The number of halogens is 3. The van der Waals surface area contributed by atoms with Crippen LogP contribution in [0.25, 0.3) is 0 Å². The predicted molar refractivity (Wildman–Crippen MR) is 52.7 cm³/mol. The first-order valence-corrected chi connectivity index (χ1v) is 4.67. The van der Waals surface area contributed by atoms with Gasteiger partial charge in [0.1, 0.15) is 5.75 Å². The van der Waals surface area contributed by atoms with E-state index < -0.39 is 11.2 Å². The van der Waals surface area contributed by atoms with Gasteiger partial charge in [0.15, 0.2) is 0 Å². The van der Waals surface area contributed by atoms with E-state index in [0.717, 1.165) is 0 Å². The molecule has 0 aliphatic rings. The fourth-order valence-electron chi connectivity index (χ4n) is 1.03. The van der Waals surface area contributed by atoms with E-state index in [9.17, 15) is 13.6 Å². The maximum absolute atomic E-state index is 12.4. The summed E-state index contributed by atoms with van der Waals surface area (Å²) in [6.45, 7) is 2.27. The highest BCUT2D eigenvalue weighted by Gasteiger charge is 2.36. The second-order valence-electron chi connectivity index (χ2n) is 2.78. The number of ketones is 1. The minimum absolute atomic E-state index is 0.140. The van der Waals surface area contributed by atoms with Gasteiger partial charge in [-0.25, -0.2) is 0 Å². The van der Waals surface area contributed by atoms with Gasteiger partial charge in [0.25, 0.3) is 0 Å². The van der Waals surface area contributed by atoms with Crippen molar-refractivity contribution in [2.24, 2.45) is 0 Å². The summed E-state index contributed by atoms with van der Waals surface area (Å²) >= 11 is 4.60. The van der Waals surface area contributed by atoms with Crippen LogP contribution in [0.2, 0.25) is 0 Å². The van der Waals surface area contributed by atoms with Crippen LogP contribution in [0.5, 0.6) is 5.75 Å². The van der Waals surface area contributed by atoms with Crippen molar-refractivity contribution in [3.63, 3.8) is 0 Å². The third-order valence-electron chi connectivity index (χ3n) is 1.68. The van der Waals surface area contributed by atoms with Crippen molar-refractivity contribution in [3.8, 4) is 5.75 Å². The average molecular weight is 235 g/mol. The maximum Gasteiger partial charge on any atom is 0.384 e. The first-order valence-electron chi connectivity index (χ1n) is 4.29. The summed E-state index contributed by atoms with van der Waals surface area (Å²) < 4.78 is 30.0. The Hall–Kier alpha value is -1.16. The Morgan fingerprint density at radius 3 is 2.33 bits per heavy atom. The number of hydrogen-bond donors (Lipinski definition) is 0. The molecule has 2 nitrogen and oxygen atoms in total. The van der Waals surface area contributed by atoms with Crippen molar-refractivity contribution in [1.29, 1.82) is 0 Å². The highest BCUT2D eigenvalue weighted by molar-refractivity contribution is 6.35. The number of rotatable bonds is 4.